The Morgan fingerprint density at radius 2 is 2.05 bits per heavy atom. The molecule has 3 nitrogen and oxygen atoms in total. The minimum absolute atomic E-state index is 0.216. The number of hydrogen-bond acceptors (Lipinski definition) is 2. The molecule has 2 saturated carbocycles. The predicted molar refractivity (Wildman–Crippen MR) is 79.3 cm³/mol. The van der Waals surface area contributed by atoms with E-state index in [1.165, 1.54) is 32.1 Å². The topological polar surface area (TPSA) is 59.1 Å². The van der Waals surface area contributed by atoms with Crippen LogP contribution in [0.25, 0.3) is 0 Å². The Labute approximate surface area is 117 Å². The second kappa shape index (κ2) is 5.82. The fourth-order valence-corrected chi connectivity index (χ4v) is 3.54. The summed E-state index contributed by atoms with van der Waals surface area (Å²) >= 11 is 0. The van der Waals surface area contributed by atoms with Crippen LogP contribution < -0.4 is 5.73 Å². The van der Waals surface area contributed by atoms with Gasteiger partial charge in [-0.05, 0) is 43.4 Å². The van der Waals surface area contributed by atoms with Gasteiger partial charge < -0.3 is 10.5 Å². The molecule has 0 aromatic rings. The zero-order valence-electron chi connectivity index (χ0n) is 12.7. The number of amidine groups is 1. The summed E-state index contributed by atoms with van der Waals surface area (Å²) < 4.78 is 6.30. The second-order valence-electron chi connectivity index (χ2n) is 7.38. The van der Waals surface area contributed by atoms with Crippen molar-refractivity contribution >= 4 is 5.84 Å². The van der Waals surface area contributed by atoms with Crippen molar-refractivity contribution in [1.29, 1.82) is 5.41 Å². The van der Waals surface area contributed by atoms with E-state index in [-0.39, 0.29) is 5.41 Å². The second-order valence-corrected chi connectivity index (χ2v) is 7.38. The average molecular weight is 266 g/mol. The lowest BCUT2D eigenvalue weighted by atomic mass is 9.75. The SMILES string of the molecule is CC1CCC(C(C)C)C(OCC2(CC(=N)N)CC2)C1. The molecule has 0 amide bonds. The molecule has 3 N–H and O–H groups in total. The lowest BCUT2D eigenvalue weighted by molar-refractivity contribution is -0.0546. The van der Waals surface area contributed by atoms with Crippen molar-refractivity contribution in [1.82, 2.24) is 0 Å². The summed E-state index contributed by atoms with van der Waals surface area (Å²) in [5.74, 6) is 2.53. The first-order chi connectivity index (χ1) is 8.92. The van der Waals surface area contributed by atoms with Gasteiger partial charge in [0, 0.05) is 11.8 Å². The minimum Gasteiger partial charge on any atom is -0.388 e. The van der Waals surface area contributed by atoms with Crippen molar-refractivity contribution in [3.63, 3.8) is 0 Å². The van der Waals surface area contributed by atoms with E-state index in [9.17, 15) is 0 Å². The summed E-state index contributed by atoms with van der Waals surface area (Å²) in [6, 6.07) is 0. The number of ether oxygens (including phenoxy) is 1. The molecule has 0 spiro atoms. The lowest BCUT2D eigenvalue weighted by Crippen LogP contribution is -2.36. The van der Waals surface area contributed by atoms with Crippen LogP contribution in [-0.2, 0) is 4.74 Å². The third kappa shape index (κ3) is 3.95. The summed E-state index contributed by atoms with van der Waals surface area (Å²) in [6.07, 6.45) is 7.38. The monoisotopic (exact) mass is 266 g/mol. The molecule has 3 heteroatoms. The van der Waals surface area contributed by atoms with E-state index >= 15 is 0 Å². The molecule has 19 heavy (non-hydrogen) atoms. The highest BCUT2D eigenvalue weighted by Crippen LogP contribution is 2.49. The van der Waals surface area contributed by atoms with E-state index in [2.05, 4.69) is 20.8 Å². The summed E-state index contributed by atoms with van der Waals surface area (Å²) in [7, 11) is 0. The van der Waals surface area contributed by atoms with Crippen LogP contribution in [0.4, 0.5) is 0 Å². The molecule has 2 aliphatic carbocycles. The van der Waals surface area contributed by atoms with Gasteiger partial charge in [-0.1, -0.05) is 27.2 Å². The van der Waals surface area contributed by atoms with Crippen LogP contribution in [0.15, 0.2) is 0 Å². The molecule has 2 fully saturated rings. The van der Waals surface area contributed by atoms with Crippen molar-refractivity contribution in [2.24, 2.45) is 28.9 Å². The Morgan fingerprint density at radius 3 is 2.58 bits per heavy atom. The van der Waals surface area contributed by atoms with Gasteiger partial charge in [0.05, 0.1) is 18.5 Å². The van der Waals surface area contributed by atoms with Crippen molar-refractivity contribution < 1.29 is 4.74 Å². The highest BCUT2D eigenvalue weighted by Gasteiger charge is 2.44. The number of hydrogen-bond donors (Lipinski definition) is 2. The van der Waals surface area contributed by atoms with Crippen LogP contribution in [0.3, 0.4) is 0 Å². The maximum Gasteiger partial charge on any atom is 0.0911 e. The summed E-state index contributed by atoms with van der Waals surface area (Å²) in [6.45, 7) is 7.79. The molecule has 2 rings (SSSR count). The van der Waals surface area contributed by atoms with Crippen molar-refractivity contribution in [3.05, 3.63) is 0 Å². The van der Waals surface area contributed by atoms with Crippen LogP contribution in [-0.4, -0.2) is 18.5 Å². The molecule has 3 unspecified atom stereocenters. The lowest BCUT2D eigenvalue weighted by Gasteiger charge is -2.38. The van der Waals surface area contributed by atoms with Gasteiger partial charge in [0.15, 0.2) is 0 Å². The normalized spacial score (nSPS) is 33.4. The third-order valence-electron chi connectivity index (χ3n) is 5.09. The molecule has 0 bridgehead atoms. The van der Waals surface area contributed by atoms with Crippen LogP contribution in [0, 0.1) is 28.6 Å². The largest absolute Gasteiger partial charge is 0.388 e. The number of nitrogens with two attached hydrogens (primary N) is 1. The molecule has 0 saturated heterocycles. The predicted octanol–water partition coefficient (Wildman–Crippen LogP) is 3.57. The highest BCUT2D eigenvalue weighted by molar-refractivity contribution is 5.78. The summed E-state index contributed by atoms with van der Waals surface area (Å²) in [5, 5.41) is 7.47. The average Bonchev–Trinajstić information content (AvgIpc) is 3.05. The Kier molecular flexibility index (Phi) is 4.54. The molecule has 0 heterocycles. The minimum atomic E-state index is 0.216. The first-order valence-electron chi connectivity index (χ1n) is 7.86. The van der Waals surface area contributed by atoms with Gasteiger partial charge in [-0.2, -0.15) is 0 Å². The molecule has 0 aliphatic heterocycles. The first kappa shape index (κ1) is 14.8. The standard InChI is InChI=1S/C16H30N2O/c1-11(2)13-5-4-12(3)8-14(13)19-10-16(6-7-16)9-15(17)18/h11-14H,4-10H2,1-3H3,(H3,17,18). The van der Waals surface area contributed by atoms with E-state index < -0.39 is 0 Å². The van der Waals surface area contributed by atoms with Gasteiger partial charge in [-0.25, -0.2) is 0 Å². The van der Waals surface area contributed by atoms with Gasteiger partial charge in [-0.15, -0.1) is 0 Å². The smallest absolute Gasteiger partial charge is 0.0911 e. The van der Waals surface area contributed by atoms with Gasteiger partial charge >= 0.3 is 0 Å². The van der Waals surface area contributed by atoms with Gasteiger partial charge in [-0.3, -0.25) is 5.41 Å². The molecular formula is C16H30N2O. The van der Waals surface area contributed by atoms with Crippen LogP contribution in [0.1, 0.15) is 59.3 Å². The maximum atomic E-state index is 7.47. The van der Waals surface area contributed by atoms with Gasteiger partial charge in [0.25, 0.3) is 0 Å². The third-order valence-corrected chi connectivity index (χ3v) is 5.09. The quantitative estimate of drug-likeness (QED) is 0.570. The van der Waals surface area contributed by atoms with Crippen molar-refractivity contribution in [2.45, 2.75) is 65.4 Å². The molecule has 110 valence electrons. The fourth-order valence-electron chi connectivity index (χ4n) is 3.54. The molecule has 2 aliphatic rings. The molecule has 0 radical (unpaired) electrons. The van der Waals surface area contributed by atoms with Crippen LogP contribution >= 0.6 is 0 Å². The van der Waals surface area contributed by atoms with Crippen LogP contribution in [0.5, 0.6) is 0 Å². The Bertz CT molecular complexity index is 323. The number of nitrogens with one attached hydrogen (secondary N) is 1. The number of rotatable bonds is 6. The highest BCUT2D eigenvalue weighted by atomic mass is 16.5. The fraction of sp³-hybridized carbons (Fsp3) is 0.938. The molecule has 3 atom stereocenters. The first-order valence-corrected chi connectivity index (χ1v) is 7.86. The van der Waals surface area contributed by atoms with Crippen molar-refractivity contribution in [2.75, 3.05) is 6.61 Å². The van der Waals surface area contributed by atoms with E-state index in [0.29, 0.717) is 23.8 Å². The zero-order valence-corrected chi connectivity index (χ0v) is 12.7. The zero-order chi connectivity index (χ0) is 14.0. The molecule has 0 aromatic carbocycles. The van der Waals surface area contributed by atoms with Gasteiger partial charge in [0.1, 0.15) is 0 Å². The molecular weight excluding hydrogens is 236 g/mol. The van der Waals surface area contributed by atoms with E-state index in [1.54, 1.807) is 0 Å². The van der Waals surface area contributed by atoms with Crippen LogP contribution in [0.2, 0.25) is 0 Å². The summed E-state index contributed by atoms with van der Waals surface area (Å²) in [4.78, 5) is 0. The summed E-state index contributed by atoms with van der Waals surface area (Å²) in [5.41, 5.74) is 5.77. The molecule has 0 aromatic heterocycles. The van der Waals surface area contributed by atoms with E-state index in [4.69, 9.17) is 15.9 Å². The Balaban J connectivity index is 1.87. The maximum absolute atomic E-state index is 7.47. The van der Waals surface area contributed by atoms with Crippen molar-refractivity contribution in [3.8, 4) is 0 Å². The Morgan fingerprint density at radius 1 is 1.37 bits per heavy atom. The van der Waals surface area contributed by atoms with E-state index in [1.807, 2.05) is 0 Å². The Hall–Kier alpha value is -0.570. The van der Waals surface area contributed by atoms with E-state index in [0.717, 1.165) is 18.9 Å². The van der Waals surface area contributed by atoms with Gasteiger partial charge in [0.2, 0.25) is 0 Å².